The van der Waals surface area contributed by atoms with Crippen molar-refractivity contribution in [3.63, 3.8) is 0 Å². The molecule has 0 spiro atoms. The van der Waals surface area contributed by atoms with Gasteiger partial charge in [0.15, 0.2) is 0 Å². The van der Waals surface area contributed by atoms with Crippen molar-refractivity contribution in [2.24, 2.45) is 0 Å². The number of pyridine rings is 1. The molecule has 1 aliphatic carbocycles. The number of nitrogens with zero attached hydrogens (tertiary/aromatic N) is 1. The lowest BCUT2D eigenvalue weighted by molar-refractivity contribution is -0.139. The summed E-state index contributed by atoms with van der Waals surface area (Å²) in [4.78, 5) is 15.3. The first-order valence-electron chi connectivity index (χ1n) is 9.07. The fraction of sp³-hybridized carbons (Fsp3) is 0.400. The summed E-state index contributed by atoms with van der Waals surface area (Å²) in [7, 11) is 0. The minimum absolute atomic E-state index is 0.166. The molecule has 1 aromatic carbocycles. The maximum absolute atomic E-state index is 12.3. The van der Waals surface area contributed by atoms with E-state index in [0.717, 1.165) is 30.4 Å². The van der Waals surface area contributed by atoms with Gasteiger partial charge in [0, 0.05) is 18.7 Å². The summed E-state index contributed by atoms with van der Waals surface area (Å²) in [6.45, 7) is 0.152. The zero-order valence-electron chi connectivity index (χ0n) is 15.1. The van der Waals surface area contributed by atoms with Gasteiger partial charge >= 0.3 is 12.1 Å². The zero-order chi connectivity index (χ0) is 20.1. The summed E-state index contributed by atoms with van der Waals surface area (Å²) < 4.78 is 42.0. The molecule has 0 fully saturated rings. The van der Waals surface area contributed by atoms with Gasteiger partial charge in [-0.2, -0.15) is 13.2 Å². The van der Waals surface area contributed by atoms with Crippen LogP contribution in [-0.2, 0) is 6.42 Å². The molecule has 0 saturated carbocycles. The number of ether oxygens (including phenoxy) is 1. The predicted molar refractivity (Wildman–Crippen MR) is 98.0 cm³/mol. The van der Waals surface area contributed by atoms with E-state index in [2.05, 4.69) is 10.3 Å². The van der Waals surface area contributed by atoms with Gasteiger partial charge in [-0.3, -0.25) is 4.98 Å². The molecule has 5 nitrogen and oxygen atoms in total. The van der Waals surface area contributed by atoms with Crippen LogP contribution in [0.15, 0.2) is 36.7 Å². The SMILES string of the molecule is O=C(O)c1ccncc1NC[C@H]1CCCc2cc(OCCC(F)(F)F)ccc21. The van der Waals surface area contributed by atoms with Gasteiger partial charge in [-0.05, 0) is 48.6 Å². The van der Waals surface area contributed by atoms with Crippen molar-refractivity contribution in [2.45, 2.75) is 37.8 Å². The number of aryl methyl sites for hydroxylation is 1. The molecule has 1 heterocycles. The number of halogens is 3. The average molecular weight is 394 g/mol. The summed E-state index contributed by atoms with van der Waals surface area (Å²) in [5.41, 5.74) is 2.81. The highest BCUT2D eigenvalue weighted by Crippen LogP contribution is 2.34. The summed E-state index contributed by atoms with van der Waals surface area (Å²) in [6.07, 6.45) is 0.450. The first-order valence-corrected chi connectivity index (χ1v) is 9.07. The highest BCUT2D eigenvalue weighted by molar-refractivity contribution is 5.93. The highest BCUT2D eigenvalue weighted by Gasteiger charge is 2.27. The Hall–Kier alpha value is -2.77. The number of aromatic carboxylic acids is 1. The van der Waals surface area contributed by atoms with E-state index in [9.17, 15) is 23.1 Å². The Kier molecular flexibility index (Phi) is 6.06. The van der Waals surface area contributed by atoms with Crippen LogP contribution in [0.5, 0.6) is 5.75 Å². The lowest BCUT2D eigenvalue weighted by Crippen LogP contribution is -2.19. The normalized spacial score (nSPS) is 16.3. The van der Waals surface area contributed by atoms with E-state index in [1.807, 2.05) is 12.1 Å². The van der Waals surface area contributed by atoms with Gasteiger partial charge in [-0.25, -0.2) is 4.79 Å². The van der Waals surface area contributed by atoms with E-state index < -0.39 is 25.2 Å². The molecular weight excluding hydrogens is 373 g/mol. The van der Waals surface area contributed by atoms with E-state index in [-0.39, 0.29) is 11.5 Å². The molecule has 28 heavy (non-hydrogen) atoms. The van der Waals surface area contributed by atoms with E-state index in [0.29, 0.717) is 18.0 Å². The Morgan fingerprint density at radius 1 is 1.32 bits per heavy atom. The molecule has 150 valence electrons. The molecule has 0 unspecified atom stereocenters. The van der Waals surface area contributed by atoms with Gasteiger partial charge in [-0.15, -0.1) is 0 Å². The Balaban J connectivity index is 1.66. The summed E-state index contributed by atoms with van der Waals surface area (Å²) >= 11 is 0. The lowest BCUT2D eigenvalue weighted by atomic mass is 9.82. The van der Waals surface area contributed by atoms with Gasteiger partial charge < -0.3 is 15.2 Å². The van der Waals surface area contributed by atoms with Crippen LogP contribution < -0.4 is 10.1 Å². The molecule has 0 aliphatic heterocycles. The Bertz CT molecular complexity index is 840. The number of alkyl halides is 3. The topological polar surface area (TPSA) is 71.5 Å². The second kappa shape index (κ2) is 8.50. The standard InChI is InChI=1S/C20H21F3N2O3/c21-20(22,23)7-9-28-15-4-5-16-13(10-15)2-1-3-14(16)11-25-18-12-24-8-6-17(18)19(26)27/h4-6,8,10,12,14,25H,1-3,7,9,11H2,(H,26,27)/t14-/m1/s1. The largest absolute Gasteiger partial charge is 0.493 e. The molecule has 0 saturated heterocycles. The maximum atomic E-state index is 12.3. The fourth-order valence-corrected chi connectivity index (χ4v) is 3.43. The molecule has 2 aromatic rings. The summed E-state index contributed by atoms with van der Waals surface area (Å²) in [5.74, 6) is -0.401. The molecule has 1 atom stereocenters. The van der Waals surface area contributed by atoms with Gasteiger partial charge in [0.25, 0.3) is 0 Å². The monoisotopic (exact) mass is 394 g/mol. The van der Waals surface area contributed by atoms with Gasteiger partial charge in [0.05, 0.1) is 30.5 Å². The van der Waals surface area contributed by atoms with Crippen LogP contribution >= 0.6 is 0 Å². The Morgan fingerprint density at radius 2 is 2.14 bits per heavy atom. The average Bonchev–Trinajstić information content (AvgIpc) is 2.65. The van der Waals surface area contributed by atoms with E-state index in [1.165, 1.54) is 18.5 Å². The second-order valence-corrected chi connectivity index (χ2v) is 6.77. The van der Waals surface area contributed by atoms with Gasteiger partial charge in [0.2, 0.25) is 0 Å². The molecule has 0 radical (unpaired) electrons. The Morgan fingerprint density at radius 3 is 2.89 bits per heavy atom. The number of nitrogens with one attached hydrogen (secondary N) is 1. The molecule has 8 heteroatoms. The number of anilines is 1. The summed E-state index contributed by atoms with van der Waals surface area (Å²) in [5, 5.41) is 12.4. The third kappa shape index (κ3) is 5.15. The van der Waals surface area contributed by atoms with Crippen LogP contribution in [-0.4, -0.2) is 35.4 Å². The summed E-state index contributed by atoms with van der Waals surface area (Å²) in [6, 6.07) is 6.85. The van der Waals surface area contributed by atoms with Gasteiger partial charge in [-0.1, -0.05) is 6.07 Å². The number of carboxylic acid groups (broad SMARTS) is 1. The zero-order valence-corrected chi connectivity index (χ0v) is 15.1. The van der Waals surface area contributed by atoms with Crippen LogP contribution in [0.1, 0.15) is 46.7 Å². The van der Waals surface area contributed by atoms with Crippen molar-refractivity contribution in [1.82, 2.24) is 4.98 Å². The van der Waals surface area contributed by atoms with Crippen molar-refractivity contribution in [1.29, 1.82) is 0 Å². The van der Waals surface area contributed by atoms with Crippen LogP contribution in [0.25, 0.3) is 0 Å². The maximum Gasteiger partial charge on any atom is 0.392 e. The number of benzene rings is 1. The van der Waals surface area contributed by atoms with E-state index >= 15 is 0 Å². The molecule has 1 aromatic heterocycles. The minimum Gasteiger partial charge on any atom is -0.493 e. The second-order valence-electron chi connectivity index (χ2n) is 6.77. The van der Waals surface area contributed by atoms with Crippen LogP contribution in [0.2, 0.25) is 0 Å². The molecule has 2 N–H and O–H groups in total. The number of fused-ring (bicyclic) bond motifs is 1. The van der Waals surface area contributed by atoms with Crippen molar-refractivity contribution in [3.05, 3.63) is 53.3 Å². The van der Waals surface area contributed by atoms with Crippen LogP contribution in [0, 0.1) is 0 Å². The molecule has 1 aliphatic rings. The number of hydrogen-bond donors (Lipinski definition) is 2. The van der Waals surface area contributed by atoms with Crippen molar-refractivity contribution >= 4 is 11.7 Å². The van der Waals surface area contributed by atoms with Gasteiger partial charge in [0.1, 0.15) is 5.75 Å². The molecule has 0 bridgehead atoms. The first-order chi connectivity index (χ1) is 13.3. The van der Waals surface area contributed by atoms with Crippen LogP contribution in [0.3, 0.4) is 0 Å². The predicted octanol–water partition coefficient (Wildman–Crippen LogP) is 4.64. The van der Waals surface area contributed by atoms with Crippen LogP contribution in [0.4, 0.5) is 18.9 Å². The quantitative estimate of drug-likeness (QED) is 0.716. The molecule has 3 rings (SSSR count). The fourth-order valence-electron chi connectivity index (χ4n) is 3.43. The first kappa shape index (κ1) is 20.0. The lowest BCUT2D eigenvalue weighted by Gasteiger charge is -2.27. The molecular formula is C20H21F3N2O3. The number of rotatable bonds is 7. The molecule has 0 amide bonds. The number of aromatic nitrogens is 1. The van der Waals surface area contributed by atoms with Crippen molar-refractivity contribution in [2.75, 3.05) is 18.5 Å². The third-order valence-corrected chi connectivity index (χ3v) is 4.80. The number of carboxylic acids is 1. The minimum atomic E-state index is -4.23. The van der Waals surface area contributed by atoms with Crippen molar-refractivity contribution in [3.8, 4) is 5.75 Å². The highest BCUT2D eigenvalue weighted by atomic mass is 19.4. The number of carbonyl (C=O) groups is 1. The van der Waals surface area contributed by atoms with E-state index in [1.54, 1.807) is 6.07 Å². The third-order valence-electron chi connectivity index (χ3n) is 4.80. The smallest absolute Gasteiger partial charge is 0.392 e. The van der Waals surface area contributed by atoms with E-state index in [4.69, 9.17) is 4.74 Å². The Labute approximate surface area is 160 Å². The van der Waals surface area contributed by atoms with Crippen molar-refractivity contribution < 1.29 is 27.8 Å². The number of hydrogen-bond acceptors (Lipinski definition) is 4.